The highest BCUT2D eigenvalue weighted by Crippen LogP contribution is 2.42. The Morgan fingerprint density at radius 2 is 1.78 bits per heavy atom. The summed E-state index contributed by atoms with van der Waals surface area (Å²) in [7, 11) is -0.903. The molecule has 12 nitrogen and oxygen atoms in total. The molecule has 3 aromatic rings. The number of hydrogen-bond donors (Lipinski definition) is 4. The Hall–Kier alpha value is -5.05. The van der Waals surface area contributed by atoms with E-state index in [1.165, 1.54) is 55.1 Å². The van der Waals surface area contributed by atoms with E-state index in [2.05, 4.69) is 10.6 Å². The molecule has 0 bridgehead atoms. The molecule has 0 saturated carbocycles. The predicted molar refractivity (Wildman–Crippen MR) is 165 cm³/mol. The van der Waals surface area contributed by atoms with Crippen LogP contribution in [-0.4, -0.2) is 73.8 Å². The van der Waals surface area contributed by atoms with Crippen LogP contribution in [0, 0.1) is 17.6 Å². The topological polar surface area (TPSA) is 179 Å². The largest absolute Gasteiger partial charge is 0.505 e. The van der Waals surface area contributed by atoms with Crippen molar-refractivity contribution in [3.8, 4) is 5.75 Å². The second-order valence-corrected chi connectivity index (χ2v) is 13.1. The highest BCUT2D eigenvalue weighted by molar-refractivity contribution is 7.91. The zero-order valence-electron chi connectivity index (χ0n) is 25.2. The van der Waals surface area contributed by atoms with Crippen LogP contribution in [0.2, 0.25) is 0 Å². The molecule has 244 valence electrons. The molecule has 1 aliphatic rings. The Labute approximate surface area is 264 Å². The minimum Gasteiger partial charge on any atom is -0.505 e. The van der Waals surface area contributed by atoms with Crippen molar-refractivity contribution in [2.75, 3.05) is 37.0 Å². The SMILES string of the molecule is CCS(=O)(=O)c1ccc(NC(=O)N(C)C)cc1[C@H]1[C@@H](C=O)CCN1C(=O)[C@@H](Nc1cc(C(N)=O)ccc1F)c1ccc(F)c(O)c1. The Bertz CT molecular complexity index is 1800. The number of phenols is 1. The molecular formula is C31H33F2N5O7S. The maximum atomic E-state index is 15.0. The van der Waals surface area contributed by atoms with Gasteiger partial charge in [-0.25, -0.2) is 22.0 Å². The molecule has 1 heterocycles. The van der Waals surface area contributed by atoms with Gasteiger partial charge in [-0.05, 0) is 66.1 Å². The van der Waals surface area contributed by atoms with Gasteiger partial charge in [-0.15, -0.1) is 0 Å². The number of urea groups is 1. The van der Waals surface area contributed by atoms with E-state index in [4.69, 9.17) is 5.73 Å². The van der Waals surface area contributed by atoms with E-state index in [0.29, 0.717) is 6.29 Å². The van der Waals surface area contributed by atoms with E-state index in [0.717, 1.165) is 30.3 Å². The summed E-state index contributed by atoms with van der Waals surface area (Å²) in [5.74, 6) is -5.48. The molecule has 3 atom stereocenters. The minimum absolute atomic E-state index is 0.00511. The first-order valence-corrected chi connectivity index (χ1v) is 15.8. The van der Waals surface area contributed by atoms with Gasteiger partial charge in [-0.1, -0.05) is 13.0 Å². The molecule has 4 amide bonds. The highest BCUT2D eigenvalue weighted by Gasteiger charge is 2.43. The molecule has 1 fully saturated rings. The van der Waals surface area contributed by atoms with Crippen molar-refractivity contribution in [1.29, 1.82) is 0 Å². The number of anilines is 2. The number of carbonyl (C=O) groups excluding carboxylic acids is 4. The zero-order valence-corrected chi connectivity index (χ0v) is 26.0. The molecule has 3 aromatic carbocycles. The van der Waals surface area contributed by atoms with Gasteiger partial charge >= 0.3 is 6.03 Å². The summed E-state index contributed by atoms with van der Waals surface area (Å²) in [6, 6.07) is 7.13. The van der Waals surface area contributed by atoms with E-state index >= 15 is 0 Å². The first kappa shape index (κ1) is 33.8. The molecular weight excluding hydrogens is 624 g/mol. The monoisotopic (exact) mass is 657 g/mol. The number of likely N-dealkylation sites (tertiary alicyclic amines) is 1. The molecule has 1 aliphatic heterocycles. The lowest BCUT2D eigenvalue weighted by Crippen LogP contribution is -2.39. The molecule has 0 aromatic heterocycles. The summed E-state index contributed by atoms with van der Waals surface area (Å²) in [4.78, 5) is 53.3. The summed E-state index contributed by atoms with van der Waals surface area (Å²) in [5.41, 5.74) is 5.23. The average molecular weight is 658 g/mol. The fourth-order valence-electron chi connectivity index (χ4n) is 5.24. The number of aldehydes is 1. The maximum Gasteiger partial charge on any atom is 0.321 e. The van der Waals surface area contributed by atoms with E-state index in [-0.39, 0.29) is 51.7 Å². The van der Waals surface area contributed by atoms with Gasteiger partial charge in [0.15, 0.2) is 21.4 Å². The lowest BCUT2D eigenvalue weighted by atomic mass is 9.93. The van der Waals surface area contributed by atoms with Gasteiger partial charge in [0.1, 0.15) is 18.1 Å². The van der Waals surface area contributed by atoms with Crippen molar-refractivity contribution in [2.24, 2.45) is 11.7 Å². The number of hydrogen-bond acceptors (Lipinski definition) is 8. The molecule has 0 spiro atoms. The van der Waals surface area contributed by atoms with Crippen LogP contribution in [0.25, 0.3) is 0 Å². The summed E-state index contributed by atoms with van der Waals surface area (Å²) < 4.78 is 55.5. The first-order valence-electron chi connectivity index (χ1n) is 14.1. The molecule has 46 heavy (non-hydrogen) atoms. The van der Waals surface area contributed by atoms with Crippen LogP contribution >= 0.6 is 0 Å². The standard InChI is InChI=1S/C31H33F2N5O7S/c1-4-46(44,45)26-10-7-20(35-31(43)37(2)3)15-21(26)28-19(16-39)11-12-38(28)30(42)27(17-5-9-23(33)25(40)14-17)36-24-13-18(29(34)41)6-8-22(24)32/h5-10,13-16,19,27-28,36,40H,4,11-12H2,1-3H3,(H2,34,41)(H,35,43)/t19-,27+,28-/m1/s1. The fraction of sp³-hybridized carbons (Fsp3) is 0.290. The zero-order chi connectivity index (χ0) is 33.9. The van der Waals surface area contributed by atoms with E-state index in [1.54, 1.807) is 0 Å². The Kier molecular flexibility index (Phi) is 9.95. The fourth-order valence-corrected chi connectivity index (χ4v) is 6.37. The number of amides is 4. The third-order valence-corrected chi connectivity index (χ3v) is 9.51. The van der Waals surface area contributed by atoms with Gasteiger partial charge in [0.25, 0.3) is 0 Å². The highest BCUT2D eigenvalue weighted by atomic mass is 32.2. The third-order valence-electron chi connectivity index (χ3n) is 7.70. The number of nitrogens with zero attached hydrogens (tertiary/aromatic N) is 2. The Morgan fingerprint density at radius 3 is 2.39 bits per heavy atom. The van der Waals surface area contributed by atoms with Crippen molar-refractivity contribution in [2.45, 2.75) is 30.3 Å². The second-order valence-electron chi connectivity index (χ2n) is 10.9. The van der Waals surface area contributed by atoms with Crippen molar-refractivity contribution in [3.05, 3.63) is 82.9 Å². The van der Waals surface area contributed by atoms with Crippen LogP contribution in [-0.2, 0) is 19.4 Å². The number of carbonyl (C=O) groups is 4. The lowest BCUT2D eigenvalue weighted by molar-refractivity contribution is -0.133. The maximum absolute atomic E-state index is 15.0. The van der Waals surface area contributed by atoms with Gasteiger partial charge in [-0.2, -0.15) is 0 Å². The molecule has 1 saturated heterocycles. The number of phenolic OH excluding ortho intramolecular Hbond substituents is 1. The van der Waals surface area contributed by atoms with Crippen LogP contribution in [0.5, 0.6) is 5.75 Å². The second kappa shape index (κ2) is 13.5. The number of sulfone groups is 1. The molecule has 0 radical (unpaired) electrons. The number of benzene rings is 3. The summed E-state index contributed by atoms with van der Waals surface area (Å²) in [5, 5.41) is 15.5. The van der Waals surface area contributed by atoms with Crippen molar-refractivity contribution < 1.29 is 41.5 Å². The summed E-state index contributed by atoms with van der Waals surface area (Å²) in [6.07, 6.45) is 0.736. The van der Waals surface area contributed by atoms with Crippen LogP contribution in [0.4, 0.5) is 25.0 Å². The number of halogens is 2. The van der Waals surface area contributed by atoms with Gasteiger partial charge in [0, 0.05) is 37.8 Å². The quantitative estimate of drug-likeness (QED) is 0.239. The average Bonchev–Trinajstić information content (AvgIpc) is 3.45. The molecule has 15 heteroatoms. The number of nitrogens with two attached hydrogens (primary N) is 1. The molecule has 5 N–H and O–H groups in total. The Morgan fingerprint density at radius 1 is 1.09 bits per heavy atom. The van der Waals surface area contributed by atoms with Crippen LogP contribution in [0.3, 0.4) is 0 Å². The van der Waals surface area contributed by atoms with Crippen LogP contribution in [0.15, 0.2) is 59.5 Å². The summed E-state index contributed by atoms with van der Waals surface area (Å²) >= 11 is 0. The number of nitrogens with one attached hydrogen (secondary N) is 2. The molecule has 0 aliphatic carbocycles. The van der Waals surface area contributed by atoms with E-state index in [1.807, 2.05) is 0 Å². The van der Waals surface area contributed by atoms with Gasteiger partial charge in [0.05, 0.1) is 22.4 Å². The van der Waals surface area contributed by atoms with Gasteiger partial charge in [0.2, 0.25) is 11.8 Å². The molecule has 0 unspecified atom stereocenters. The number of aromatic hydroxyl groups is 1. The van der Waals surface area contributed by atoms with E-state index in [9.17, 15) is 41.5 Å². The summed E-state index contributed by atoms with van der Waals surface area (Å²) in [6.45, 7) is 1.40. The Balaban J connectivity index is 1.88. The van der Waals surface area contributed by atoms with Gasteiger partial charge < -0.3 is 36.1 Å². The molecule has 4 rings (SSSR count). The van der Waals surface area contributed by atoms with E-state index < -0.39 is 63.1 Å². The lowest BCUT2D eigenvalue weighted by Gasteiger charge is -2.32. The van der Waals surface area contributed by atoms with Crippen LogP contribution in [0.1, 0.15) is 46.9 Å². The number of rotatable bonds is 10. The number of primary amides is 1. The van der Waals surface area contributed by atoms with Crippen molar-refractivity contribution >= 4 is 45.3 Å². The smallest absolute Gasteiger partial charge is 0.321 e. The van der Waals surface area contributed by atoms with Crippen LogP contribution < -0.4 is 16.4 Å². The van der Waals surface area contributed by atoms with Gasteiger partial charge in [-0.3, -0.25) is 9.59 Å². The first-order chi connectivity index (χ1) is 21.7. The predicted octanol–water partition coefficient (Wildman–Crippen LogP) is 3.60. The van der Waals surface area contributed by atoms with Crippen molar-refractivity contribution in [3.63, 3.8) is 0 Å². The normalized spacial score (nSPS) is 16.8. The third kappa shape index (κ3) is 6.93. The van der Waals surface area contributed by atoms with Crippen molar-refractivity contribution in [1.82, 2.24) is 9.80 Å². The minimum atomic E-state index is -3.92.